The lowest BCUT2D eigenvalue weighted by molar-refractivity contribution is -0.105. The molecule has 0 radical (unpaired) electrons. The summed E-state index contributed by atoms with van der Waals surface area (Å²) in [6.07, 6.45) is 3.16. The molecule has 4 rings (SSSR count). The van der Waals surface area contributed by atoms with Gasteiger partial charge in [-0.05, 0) is 49.6 Å². The maximum atomic E-state index is 13.9. The van der Waals surface area contributed by atoms with Crippen molar-refractivity contribution in [1.29, 1.82) is 5.26 Å². The van der Waals surface area contributed by atoms with Gasteiger partial charge < -0.3 is 11.1 Å². The Hall–Kier alpha value is -2.99. The number of carbonyl (C=O) groups is 1. The van der Waals surface area contributed by atoms with Gasteiger partial charge in [-0.1, -0.05) is 11.8 Å². The van der Waals surface area contributed by atoms with E-state index in [4.69, 9.17) is 11.0 Å². The number of nitrogens with two attached hydrogens (primary N) is 1. The molecule has 3 unspecified atom stereocenters. The molecule has 3 atom stereocenters. The number of benzene rings is 1. The topological polar surface area (TPSA) is 104 Å². The van der Waals surface area contributed by atoms with Gasteiger partial charge in [-0.25, -0.2) is 4.39 Å². The summed E-state index contributed by atoms with van der Waals surface area (Å²) < 4.78 is 23.4. The van der Waals surface area contributed by atoms with Gasteiger partial charge in [0.15, 0.2) is 5.17 Å². The number of thioether (sulfide) groups is 1. The number of aromatic nitrogens is 1. The average molecular weight is 417 g/mol. The van der Waals surface area contributed by atoms with E-state index in [1.807, 2.05) is 19.1 Å². The molecule has 0 bridgehead atoms. The van der Waals surface area contributed by atoms with Gasteiger partial charge in [0, 0.05) is 28.4 Å². The van der Waals surface area contributed by atoms with Crippen LogP contribution >= 0.6 is 11.8 Å². The quantitative estimate of drug-likeness (QED) is 0.741. The van der Waals surface area contributed by atoms with Crippen LogP contribution in [0.4, 0.5) is 14.5 Å². The summed E-state index contributed by atoms with van der Waals surface area (Å²) in [5, 5.41) is 11.8. The Morgan fingerprint density at radius 3 is 2.72 bits per heavy atom. The summed E-state index contributed by atoms with van der Waals surface area (Å²) in [4.78, 5) is 18.7. The number of nitrogens with zero attached hydrogens (tertiary/aromatic N) is 3. The molecule has 29 heavy (non-hydrogen) atoms. The smallest absolute Gasteiger partial charge is 0.211 e. The van der Waals surface area contributed by atoms with Crippen LogP contribution in [-0.2, 0) is 4.79 Å². The highest BCUT2D eigenvalue weighted by Crippen LogP contribution is 2.54. The Bertz CT molecular complexity index is 914. The third-order valence-electron chi connectivity index (χ3n) is 4.30. The zero-order valence-corrected chi connectivity index (χ0v) is 16.8. The third-order valence-corrected chi connectivity index (χ3v) is 5.50. The second kappa shape index (κ2) is 10.5. The molecule has 2 aromatic rings. The molecule has 0 saturated heterocycles. The number of aliphatic imine (C=N–C) groups is 1. The maximum absolute atomic E-state index is 13.9. The predicted octanol–water partition coefficient (Wildman–Crippen LogP) is 3.73. The van der Waals surface area contributed by atoms with Crippen LogP contribution in [-0.4, -0.2) is 29.0 Å². The van der Waals surface area contributed by atoms with Gasteiger partial charge in [-0.2, -0.15) is 5.26 Å². The fraction of sp³-hybridized carbons (Fsp3) is 0.300. The minimum absolute atomic E-state index is 0.218. The summed E-state index contributed by atoms with van der Waals surface area (Å²) in [5.41, 5.74) is 8.38. The second-order valence-corrected chi connectivity index (χ2v) is 7.53. The minimum Gasteiger partial charge on any atom is -0.379 e. The van der Waals surface area contributed by atoms with Gasteiger partial charge in [0.05, 0.1) is 18.8 Å². The fourth-order valence-electron chi connectivity index (χ4n) is 2.84. The zero-order valence-electron chi connectivity index (χ0n) is 16.0. The van der Waals surface area contributed by atoms with Crippen molar-refractivity contribution in [2.24, 2.45) is 16.6 Å². The van der Waals surface area contributed by atoms with E-state index in [1.54, 1.807) is 30.1 Å². The Balaban J connectivity index is 0.000000231. The van der Waals surface area contributed by atoms with E-state index in [0.717, 1.165) is 12.1 Å². The molecule has 3 N–H and O–H groups in total. The molecule has 1 aromatic carbocycles. The van der Waals surface area contributed by atoms with Crippen LogP contribution < -0.4 is 11.1 Å². The number of amidine groups is 1. The van der Waals surface area contributed by atoms with E-state index in [0.29, 0.717) is 46.7 Å². The van der Waals surface area contributed by atoms with Crippen molar-refractivity contribution in [1.82, 2.24) is 4.98 Å². The Kier molecular flexibility index (Phi) is 8.09. The summed E-state index contributed by atoms with van der Waals surface area (Å²) in [7, 11) is 0.500. The van der Waals surface area contributed by atoms with Gasteiger partial charge >= 0.3 is 0 Å². The molecule has 1 amide bonds. The number of nitrogens with one attached hydrogen (secondary N) is 1. The number of alkyl halides is 1. The van der Waals surface area contributed by atoms with Crippen LogP contribution in [0.2, 0.25) is 0 Å². The number of aryl methyl sites for hydroxylation is 1. The lowest BCUT2D eigenvalue weighted by Gasteiger charge is -2.19. The predicted molar refractivity (Wildman–Crippen MR) is 111 cm³/mol. The van der Waals surface area contributed by atoms with E-state index in [1.165, 1.54) is 12.1 Å². The van der Waals surface area contributed by atoms with Crippen molar-refractivity contribution in [2.75, 3.05) is 12.5 Å². The standard InChI is InChI=1S/C12H12FN3OS.C7H6N2.CH3F/c13-9-2-1-6(15-5-17)3-7(9)11-8-4-10(8)18-12(14)16-11;1-6-2-3-7(4-8)5-9-6;1-2/h1-3,5,8,10-11H,4H2,(H2,14,16)(H,15,17);2-3,5H,1H3;1H3. The first kappa shape index (κ1) is 22.3. The van der Waals surface area contributed by atoms with Crippen LogP contribution in [0, 0.1) is 30.0 Å². The summed E-state index contributed by atoms with van der Waals surface area (Å²) in [6.45, 7) is 1.89. The van der Waals surface area contributed by atoms with Crippen molar-refractivity contribution in [3.05, 3.63) is 59.2 Å². The molecular weight excluding hydrogens is 396 g/mol. The van der Waals surface area contributed by atoms with Crippen molar-refractivity contribution in [3.63, 3.8) is 0 Å². The van der Waals surface area contributed by atoms with Crippen molar-refractivity contribution in [3.8, 4) is 6.07 Å². The number of rotatable bonds is 3. The van der Waals surface area contributed by atoms with E-state index in [2.05, 4.69) is 15.3 Å². The minimum atomic E-state index is -0.300. The first-order chi connectivity index (χ1) is 14.0. The largest absolute Gasteiger partial charge is 0.379 e. The monoisotopic (exact) mass is 417 g/mol. The first-order valence-electron chi connectivity index (χ1n) is 8.72. The molecule has 6 nitrogen and oxygen atoms in total. The van der Waals surface area contributed by atoms with Gasteiger partial charge in [-0.3, -0.25) is 19.2 Å². The highest BCUT2D eigenvalue weighted by molar-refractivity contribution is 8.14. The number of pyridine rings is 1. The molecule has 1 aromatic heterocycles. The van der Waals surface area contributed by atoms with Crippen molar-refractivity contribution >= 4 is 29.0 Å². The lowest BCUT2D eigenvalue weighted by atomic mass is 10.0. The number of carbonyl (C=O) groups excluding carboxylic acids is 1. The summed E-state index contributed by atoms with van der Waals surface area (Å²) in [6, 6.07) is 9.86. The van der Waals surface area contributed by atoms with E-state index in [9.17, 15) is 13.6 Å². The van der Waals surface area contributed by atoms with E-state index < -0.39 is 0 Å². The van der Waals surface area contributed by atoms with Crippen LogP contribution in [0.1, 0.15) is 29.3 Å². The highest BCUT2D eigenvalue weighted by atomic mass is 32.2. The molecule has 1 saturated carbocycles. The number of anilines is 1. The van der Waals surface area contributed by atoms with Crippen molar-refractivity contribution < 1.29 is 13.6 Å². The zero-order chi connectivity index (χ0) is 21.4. The number of halogens is 2. The maximum Gasteiger partial charge on any atom is 0.211 e. The molecule has 1 aliphatic heterocycles. The lowest BCUT2D eigenvalue weighted by Crippen LogP contribution is -2.17. The van der Waals surface area contributed by atoms with Crippen LogP contribution in [0.3, 0.4) is 0 Å². The number of hydrogen-bond acceptors (Lipinski definition) is 6. The second-order valence-electron chi connectivity index (χ2n) is 6.27. The van der Waals surface area contributed by atoms with Crippen molar-refractivity contribution in [2.45, 2.75) is 24.6 Å². The fourth-order valence-corrected chi connectivity index (χ4v) is 3.96. The molecule has 1 aliphatic carbocycles. The number of fused-ring (bicyclic) bond motifs is 1. The first-order valence-corrected chi connectivity index (χ1v) is 9.60. The number of amides is 1. The Morgan fingerprint density at radius 1 is 1.34 bits per heavy atom. The SMILES string of the molecule is CF.Cc1ccc(C#N)cn1.NC1=NC(c2cc(NC=O)ccc2F)C2CC2S1. The van der Waals surface area contributed by atoms with Gasteiger partial charge in [-0.15, -0.1) is 0 Å². The summed E-state index contributed by atoms with van der Waals surface area (Å²) in [5.74, 6) is 0.0637. The van der Waals surface area contributed by atoms with Gasteiger partial charge in [0.25, 0.3) is 0 Å². The number of hydrogen-bond donors (Lipinski definition) is 2. The molecule has 2 aliphatic rings. The molecule has 152 valence electrons. The third kappa shape index (κ3) is 5.99. The molecule has 0 spiro atoms. The van der Waals surface area contributed by atoms with E-state index in [-0.39, 0.29) is 11.9 Å². The highest BCUT2D eigenvalue weighted by Gasteiger charge is 2.48. The average Bonchev–Trinajstić information content (AvgIpc) is 3.51. The summed E-state index contributed by atoms with van der Waals surface area (Å²) >= 11 is 1.57. The normalized spacial score (nSPS) is 20.9. The molecular formula is C20H21F2N5OS. The Morgan fingerprint density at radius 2 is 2.10 bits per heavy atom. The van der Waals surface area contributed by atoms with Crippen LogP contribution in [0.5, 0.6) is 0 Å². The molecule has 1 fully saturated rings. The van der Waals surface area contributed by atoms with E-state index >= 15 is 0 Å². The molecule has 9 heteroatoms. The van der Waals surface area contributed by atoms with Gasteiger partial charge in [0.1, 0.15) is 11.9 Å². The Labute approximate surface area is 172 Å². The number of nitriles is 1. The van der Waals surface area contributed by atoms with Crippen LogP contribution in [0.25, 0.3) is 0 Å². The molecule has 2 heterocycles. The van der Waals surface area contributed by atoms with Gasteiger partial charge in [0.2, 0.25) is 6.41 Å². The van der Waals surface area contributed by atoms with Crippen LogP contribution in [0.15, 0.2) is 41.5 Å².